The third-order valence-electron chi connectivity index (χ3n) is 2.97. The molecule has 0 aliphatic heterocycles. The van der Waals surface area contributed by atoms with Crippen LogP contribution >= 0.6 is 0 Å². The van der Waals surface area contributed by atoms with Crippen LogP contribution in [0.5, 0.6) is 0 Å². The Morgan fingerprint density at radius 1 is 1.00 bits per heavy atom. The number of nitriles is 1. The molecule has 0 aromatic heterocycles. The molecule has 0 radical (unpaired) electrons. The lowest BCUT2D eigenvalue weighted by Gasteiger charge is -2.22. The van der Waals surface area contributed by atoms with Crippen molar-refractivity contribution in [2.24, 2.45) is 0 Å². The van der Waals surface area contributed by atoms with E-state index in [2.05, 4.69) is 0 Å². The maximum Gasteiger partial charge on any atom is 0.121 e. The summed E-state index contributed by atoms with van der Waals surface area (Å²) in [5.41, 5.74) is 0.477. The molecule has 0 saturated heterocycles. The smallest absolute Gasteiger partial charge is 0.121 e. The van der Waals surface area contributed by atoms with Gasteiger partial charge >= 0.3 is 0 Å². The van der Waals surface area contributed by atoms with E-state index in [-0.39, 0.29) is 6.42 Å². The lowest BCUT2D eigenvalue weighted by molar-refractivity contribution is 0.0956. The molecule has 0 aliphatic rings. The van der Waals surface area contributed by atoms with Crippen molar-refractivity contribution < 1.29 is 5.11 Å². The summed E-state index contributed by atoms with van der Waals surface area (Å²) in [6.45, 7) is 0. The predicted molar refractivity (Wildman–Crippen MR) is 76.0 cm³/mol. The van der Waals surface area contributed by atoms with Gasteiger partial charge in [-0.25, -0.2) is 0 Å². The minimum atomic E-state index is -1.24. The van der Waals surface area contributed by atoms with Gasteiger partial charge in [0.1, 0.15) is 5.60 Å². The quantitative estimate of drug-likeness (QED) is 0.901. The Bertz CT molecular complexity index is 584. The van der Waals surface area contributed by atoms with E-state index in [0.717, 1.165) is 11.1 Å². The molecule has 1 atom stereocenters. The minimum Gasteiger partial charge on any atom is -0.380 e. The Hall–Kier alpha value is -2.37. The van der Waals surface area contributed by atoms with Crippen molar-refractivity contribution in [2.45, 2.75) is 12.0 Å². The zero-order valence-electron chi connectivity index (χ0n) is 10.5. The Kier molecular flexibility index (Phi) is 4.12. The largest absolute Gasteiger partial charge is 0.380 e. The van der Waals surface area contributed by atoms with Crippen LogP contribution in [0.2, 0.25) is 0 Å². The van der Waals surface area contributed by atoms with Crippen LogP contribution in [0.15, 0.2) is 66.7 Å². The van der Waals surface area contributed by atoms with Crippen molar-refractivity contribution in [3.63, 3.8) is 0 Å². The van der Waals surface area contributed by atoms with Crippen LogP contribution in [0, 0.1) is 11.3 Å². The standard InChI is InChI=1S/C17H15NO/c18-14-13-17(19,16-9-5-2-6-10-16)12-11-15-7-3-1-4-8-15/h1-12,19H,13H2. The maximum atomic E-state index is 10.6. The Labute approximate surface area is 113 Å². The Balaban J connectivity index is 2.31. The van der Waals surface area contributed by atoms with Gasteiger partial charge in [-0.05, 0) is 17.2 Å². The summed E-state index contributed by atoms with van der Waals surface area (Å²) in [4.78, 5) is 0. The number of nitrogens with zero attached hydrogens (tertiary/aromatic N) is 1. The third kappa shape index (κ3) is 3.31. The number of hydrogen-bond donors (Lipinski definition) is 1. The van der Waals surface area contributed by atoms with Crippen molar-refractivity contribution in [1.29, 1.82) is 5.26 Å². The highest BCUT2D eigenvalue weighted by molar-refractivity contribution is 5.51. The first-order valence-corrected chi connectivity index (χ1v) is 6.14. The minimum absolute atomic E-state index is 0.0281. The summed E-state index contributed by atoms with van der Waals surface area (Å²) in [5, 5.41) is 19.6. The van der Waals surface area contributed by atoms with E-state index in [1.165, 1.54) is 0 Å². The monoisotopic (exact) mass is 249 g/mol. The average molecular weight is 249 g/mol. The van der Waals surface area contributed by atoms with Gasteiger partial charge in [0.2, 0.25) is 0 Å². The Morgan fingerprint density at radius 2 is 1.58 bits per heavy atom. The van der Waals surface area contributed by atoms with E-state index in [0.29, 0.717) is 0 Å². The lowest BCUT2D eigenvalue weighted by Crippen LogP contribution is -2.21. The molecule has 2 nitrogen and oxygen atoms in total. The van der Waals surface area contributed by atoms with E-state index in [4.69, 9.17) is 5.26 Å². The highest BCUT2D eigenvalue weighted by Gasteiger charge is 2.25. The highest BCUT2D eigenvalue weighted by Crippen LogP contribution is 2.27. The summed E-state index contributed by atoms with van der Waals surface area (Å²) >= 11 is 0. The van der Waals surface area contributed by atoms with Crippen molar-refractivity contribution in [3.8, 4) is 6.07 Å². The zero-order chi connectivity index (χ0) is 13.6. The van der Waals surface area contributed by atoms with Crippen LogP contribution in [0.25, 0.3) is 6.08 Å². The van der Waals surface area contributed by atoms with Crippen molar-refractivity contribution >= 4 is 6.08 Å². The van der Waals surface area contributed by atoms with Crippen molar-refractivity contribution in [2.75, 3.05) is 0 Å². The van der Waals surface area contributed by atoms with E-state index in [1.807, 2.05) is 72.8 Å². The molecule has 0 heterocycles. The van der Waals surface area contributed by atoms with Gasteiger partial charge in [-0.2, -0.15) is 5.26 Å². The number of hydrogen-bond acceptors (Lipinski definition) is 2. The molecule has 0 fully saturated rings. The van der Waals surface area contributed by atoms with Gasteiger partial charge in [0, 0.05) is 0 Å². The first-order valence-electron chi connectivity index (χ1n) is 6.14. The molecule has 19 heavy (non-hydrogen) atoms. The van der Waals surface area contributed by atoms with E-state index >= 15 is 0 Å². The zero-order valence-corrected chi connectivity index (χ0v) is 10.5. The molecule has 0 saturated carbocycles. The van der Waals surface area contributed by atoms with Gasteiger partial charge in [-0.1, -0.05) is 66.7 Å². The molecule has 2 aromatic rings. The number of rotatable bonds is 4. The van der Waals surface area contributed by atoms with Gasteiger partial charge in [-0.15, -0.1) is 0 Å². The van der Waals surface area contributed by atoms with E-state index in [1.54, 1.807) is 6.08 Å². The number of benzene rings is 2. The van der Waals surface area contributed by atoms with Crippen LogP contribution in [0.4, 0.5) is 0 Å². The summed E-state index contributed by atoms with van der Waals surface area (Å²) in [6.07, 6.45) is 3.55. The number of aliphatic hydroxyl groups is 1. The molecule has 2 aromatic carbocycles. The van der Waals surface area contributed by atoms with Gasteiger partial charge in [0.15, 0.2) is 0 Å². The summed E-state index contributed by atoms with van der Waals surface area (Å²) in [6, 6.07) is 21.0. The second-order valence-corrected chi connectivity index (χ2v) is 4.37. The topological polar surface area (TPSA) is 44.0 Å². The SMILES string of the molecule is N#CCC(O)(C=Cc1ccccc1)c1ccccc1. The van der Waals surface area contributed by atoms with Crippen LogP contribution in [-0.2, 0) is 5.60 Å². The molecule has 1 N–H and O–H groups in total. The molecular formula is C17H15NO. The molecule has 0 aliphatic carbocycles. The third-order valence-corrected chi connectivity index (χ3v) is 2.97. The fourth-order valence-corrected chi connectivity index (χ4v) is 1.90. The fourth-order valence-electron chi connectivity index (χ4n) is 1.90. The van der Waals surface area contributed by atoms with Crippen LogP contribution in [0.3, 0.4) is 0 Å². The summed E-state index contributed by atoms with van der Waals surface area (Å²) in [5.74, 6) is 0. The molecule has 1 unspecified atom stereocenters. The lowest BCUT2D eigenvalue weighted by atomic mass is 9.90. The average Bonchev–Trinajstić information content (AvgIpc) is 2.48. The highest BCUT2D eigenvalue weighted by atomic mass is 16.3. The molecule has 2 heteroatoms. The second-order valence-electron chi connectivity index (χ2n) is 4.37. The van der Waals surface area contributed by atoms with Crippen molar-refractivity contribution in [1.82, 2.24) is 0 Å². The fraction of sp³-hybridized carbons (Fsp3) is 0.118. The predicted octanol–water partition coefficient (Wildman–Crippen LogP) is 3.50. The molecule has 0 amide bonds. The van der Waals surface area contributed by atoms with Crippen LogP contribution in [-0.4, -0.2) is 5.11 Å². The Morgan fingerprint density at radius 3 is 2.16 bits per heavy atom. The van der Waals surface area contributed by atoms with Crippen LogP contribution in [0.1, 0.15) is 17.5 Å². The van der Waals surface area contributed by atoms with Gasteiger partial charge in [-0.3, -0.25) is 0 Å². The maximum absolute atomic E-state index is 10.6. The first-order chi connectivity index (χ1) is 9.24. The summed E-state index contributed by atoms with van der Waals surface area (Å²) < 4.78 is 0. The van der Waals surface area contributed by atoms with E-state index in [9.17, 15) is 5.11 Å². The van der Waals surface area contributed by atoms with E-state index < -0.39 is 5.60 Å². The molecule has 0 spiro atoms. The van der Waals surface area contributed by atoms with Gasteiger partial charge < -0.3 is 5.11 Å². The molecule has 2 rings (SSSR count). The molecule has 0 bridgehead atoms. The normalized spacial score (nSPS) is 13.9. The van der Waals surface area contributed by atoms with Crippen molar-refractivity contribution in [3.05, 3.63) is 77.9 Å². The molecular weight excluding hydrogens is 234 g/mol. The van der Waals surface area contributed by atoms with Crippen LogP contribution < -0.4 is 0 Å². The van der Waals surface area contributed by atoms with Gasteiger partial charge in [0.25, 0.3) is 0 Å². The molecule has 94 valence electrons. The first kappa shape index (κ1) is 13.1. The second kappa shape index (κ2) is 5.99. The van der Waals surface area contributed by atoms with Gasteiger partial charge in [0.05, 0.1) is 12.5 Å². The summed E-state index contributed by atoms with van der Waals surface area (Å²) in [7, 11) is 0.